The quantitative estimate of drug-likeness (QED) is 0.793. The molecule has 12 heteroatoms. The van der Waals surface area contributed by atoms with E-state index in [0.29, 0.717) is 17.7 Å². The molecule has 1 aliphatic rings. The molecule has 0 aliphatic carbocycles. The van der Waals surface area contributed by atoms with Gasteiger partial charge in [-0.05, 0) is 42.3 Å². The fraction of sp³-hybridized carbons (Fsp3) is 0.200. The van der Waals surface area contributed by atoms with E-state index >= 15 is 0 Å². The number of fused-ring (bicyclic) bond motifs is 1. The Labute approximate surface area is 158 Å². The van der Waals surface area contributed by atoms with E-state index in [1.807, 2.05) is 0 Å². The van der Waals surface area contributed by atoms with Crippen LogP contribution >= 0.6 is 11.6 Å². The minimum Gasteiger partial charge on any atom is -0.266 e. The number of sulfonamides is 2. The third-order valence-corrected chi connectivity index (χ3v) is 7.27. The second kappa shape index (κ2) is 6.36. The Morgan fingerprint density at radius 3 is 2.30 bits per heavy atom. The molecular formula is C15H12ClF3N2O4S2. The summed E-state index contributed by atoms with van der Waals surface area (Å²) in [7, 11) is -8.55. The summed E-state index contributed by atoms with van der Waals surface area (Å²) >= 11 is 5.85. The SMILES string of the molecule is NS(=O)(=O)c1ccc2c(c1)N(S(=O)(=O)c1cc(C(F)(F)F)ccc1Cl)CC2. The lowest BCUT2D eigenvalue weighted by molar-refractivity contribution is -0.137. The van der Waals surface area contributed by atoms with Crippen LogP contribution < -0.4 is 9.44 Å². The molecule has 1 heterocycles. The van der Waals surface area contributed by atoms with E-state index in [4.69, 9.17) is 16.7 Å². The Morgan fingerprint density at radius 1 is 1.04 bits per heavy atom. The molecule has 0 fully saturated rings. The summed E-state index contributed by atoms with van der Waals surface area (Å²) in [5.41, 5.74) is -0.604. The van der Waals surface area contributed by atoms with Crippen LogP contribution in [0, 0.1) is 0 Å². The van der Waals surface area contributed by atoms with Gasteiger partial charge in [-0.2, -0.15) is 13.2 Å². The highest BCUT2D eigenvalue weighted by Gasteiger charge is 2.36. The van der Waals surface area contributed by atoms with Crippen LogP contribution in [0.2, 0.25) is 5.02 Å². The lowest BCUT2D eigenvalue weighted by atomic mass is 10.2. The first kappa shape index (κ1) is 19.9. The topological polar surface area (TPSA) is 97.5 Å². The van der Waals surface area contributed by atoms with Crippen molar-refractivity contribution in [3.63, 3.8) is 0 Å². The number of nitrogens with zero attached hydrogens (tertiary/aromatic N) is 1. The first-order chi connectivity index (χ1) is 12.3. The Hall–Kier alpha value is -1.82. The molecule has 0 bridgehead atoms. The van der Waals surface area contributed by atoms with Crippen LogP contribution in [-0.4, -0.2) is 23.4 Å². The molecule has 1 aliphatic heterocycles. The molecule has 0 spiro atoms. The van der Waals surface area contributed by atoms with E-state index in [2.05, 4.69) is 0 Å². The van der Waals surface area contributed by atoms with Crippen molar-refractivity contribution in [3.05, 3.63) is 52.5 Å². The van der Waals surface area contributed by atoms with Gasteiger partial charge in [-0.25, -0.2) is 22.0 Å². The minimum absolute atomic E-state index is 0.0370. The summed E-state index contributed by atoms with van der Waals surface area (Å²) in [6.45, 7) is -0.0711. The third-order valence-electron chi connectivity index (χ3n) is 4.06. The van der Waals surface area contributed by atoms with Crippen LogP contribution in [-0.2, 0) is 32.6 Å². The van der Waals surface area contributed by atoms with E-state index in [0.717, 1.165) is 16.4 Å². The predicted octanol–water partition coefficient (Wildman–Crippen LogP) is 2.76. The maximum atomic E-state index is 13.0. The van der Waals surface area contributed by atoms with Gasteiger partial charge >= 0.3 is 6.18 Å². The van der Waals surface area contributed by atoms with E-state index in [1.165, 1.54) is 12.1 Å². The van der Waals surface area contributed by atoms with Crippen molar-refractivity contribution in [2.45, 2.75) is 22.4 Å². The van der Waals surface area contributed by atoms with Gasteiger partial charge in [0.05, 0.1) is 21.2 Å². The van der Waals surface area contributed by atoms with Gasteiger partial charge in [0.2, 0.25) is 10.0 Å². The molecule has 2 aromatic rings. The van der Waals surface area contributed by atoms with Crippen LogP contribution in [0.25, 0.3) is 0 Å². The molecule has 0 aromatic heterocycles. The first-order valence-electron chi connectivity index (χ1n) is 7.37. The summed E-state index contributed by atoms with van der Waals surface area (Å²) in [6.07, 6.45) is -4.49. The summed E-state index contributed by atoms with van der Waals surface area (Å²) in [5, 5.41) is 4.69. The highest BCUT2D eigenvalue weighted by Crippen LogP contribution is 2.38. The van der Waals surface area contributed by atoms with Crippen molar-refractivity contribution in [2.24, 2.45) is 5.14 Å². The third kappa shape index (κ3) is 3.64. The number of benzene rings is 2. The molecule has 0 unspecified atom stereocenters. The predicted molar refractivity (Wildman–Crippen MR) is 92.5 cm³/mol. The van der Waals surface area contributed by atoms with E-state index in [1.54, 1.807) is 0 Å². The molecular weight excluding hydrogens is 429 g/mol. The van der Waals surface area contributed by atoms with Crippen LogP contribution in [0.3, 0.4) is 0 Å². The van der Waals surface area contributed by atoms with Crippen molar-refractivity contribution < 1.29 is 30.0 Å². The Morgan fingerprint density at radius 2 is 1.70 bits per heavy atom. The largest absolute Gasteiger partial charge is 0.416 e. The zero-order chi connectivity index (χ0) is 20.2. The average molecular weight is 441 g/mol. The molecule has 2 N–H and O–H groups in total. The number of rotatable bonds is 3. The maximum Gasteiger partial charge on any atom is 0.416 e. The van der Waals surface area contributed by atoms with Crippen molar-refractivity contribution in [3.8, 4) is 0 Å². The molecule has 3 rings (SSSR count). The first-order valence-corrected chi connectivity index (χ1v) is 10.7. The number of hydrogen-bond acceptors (Lipinski definition) is 4. The zero-order valence-electron chi connectivity index (χ0n) is 13.4. The van der Waals surface area contributed by atoms with Crippen LogP contribution in [0.1, 0.15) is 11.1 Å². The number of anilines is 1. The highest BCUT2D eigenvalue weighted by atomic mass is 35.5. The van der Waals surface area contributed by atoms with Gasteiger partial charge in [0.25, 0.3) is 10.0 Å². The van der Waals surface area contributed by atoms with Gasteiger partial charge < -0.3 is 0 Å². The number of hydrogen-bond donors (Lipinski definition) is 1. The lowest BCUT2D eigenvalue weighted by Gasteiger charge is -2.21. The second-order valence-electron chi connectivity index (χ2n) is 5.81. The molecule has 27 heavy (non-hydrogen) atoms. The van der Waals surface area contributed by atoms with E-state index in [-0.39, 0.29) is 28.6 Å². The van der Waals surface area contributed by atoms with Crippen LogP contribution in [0.5, 0.6) is 0 Å². The maximum absolute atomic E-state index is 13.0. The van der Waals surface area contributed by atoms with Gasteiger partial charge in [0.1, 0.15) is 4.90 Å². The second-order valence-corrected chi connectivity index (χ2v) is 9.61. The van der Waals surface area contributed by atoms with Crippen LogP contribution in [0.15, 0.2) is 46.2 Å². The van der Waals surface area contributed by atoms with E-state index in [9.17, 15) is 30.0 Å². The molecule has 0 saturated carbocycles. The zero-order valence-corrected chi connectivity index (χ0v) is 15.8. The minimum atomic E-state index is -4.75. The van der Waals surface area contributed by atoms with Gasteiger partial charge in [-0.1, -0.05) is 17.7 Å². The summed E-state index contributed by atoms with van der Waals surface area (Å²) in [5.74, 6) is 0. The fourth-order valence-corrected chi connectivity index (χ4v) is 5.28. The molecule has 0 saturated heterocycles. The molecule has 146 valence electrons. The number of halogens is 4. The van der Waals surface area contributed by atoms with Crippen molar-refractivity contribution in [2.75, 3.05) is 10.8 Å². The number of nitrogens with two attached hydrogens (primary N) is 1. The lowest BCUT2D eigenvalue weighted by Crippen LogP contribution is -2.30. The standard InChI is InChI=1S/C15H12ClF3N2O4S2/c16-12-4-2-10(15(17,18)19)7-14(12)27(24,25)21-6-5-9-1-3-11(8-13(9)21)26(20,22)23/h1-4,7-8H,5-6H2,(H2,20,22,23). The molecule has 0 atom stereocenters. The van der Waals surface area contributed by atoms with Crippen LogP contribution in [0.4, 0.5) is 18.9 Å². The Bertz CT molecular complexity index is 1130. The van der Waals surface area contributed by atoms with Gasteiger partial charge in [0, 0.05) is 6.54 Å². The van der Waals surface area contributed by atoms with Gasteiger partial charge in [-0.3, -0.25) is 4.31 Å². The molecule has 6 nitrogen and oxygen atoms in total. The Balaban J connectivity index is 2.15. The molecule has 0 radical (unpaired) electrons. The fourth-order valence-electron chi connectivity index (χ4n) is 2.75. The van der Waals surface area contributed by atoms with Crippen molar-refractivity contribution >= 4 is 37.3 Å². The van der Waals surface area contributed by atoms with Gasteiger partial charge in [-0.15, -0.1) is 0 Å². The van der Waals surface area contributed by atoms with E-state index < -0.39 is 36.7 Å². The summed E-state index contributed by atoms with van der Waals surface area (Å²) in [6, 6.07) is 5.73. The van der Waals surface area contributed by atoms with Crippen molar-refractivity contribution in [1.29, 1.82) is 0 Å². The highest BCUT2D eigenvalue weighted by molar-refractivity contribution is 7.93. The summed E-state index contributed by atoms with van der Waals surface area (Å²) < 4.78 is 88.7. The normalized spacial score (nSPS) is 15.1. The number of primary sulfonamides is 1. The molecule has 0 amide bonds. The molecule has 2 aromatic carbocycles. The van der Waals surface area contributed by atoms with Gasteiger partial charge in [0.15, 0.2) is 0 Å². The Kier molecular flexibility index (Phi) is 4.70. The monoisotopic (exact) mass is 440 g/mol. The summed E-state index contributed by atoms with van der Waals surface area (Å²) in [4.78, 5) is -1.02. The average Bonchev–Trinajstić information content (AvgIpc) is 2.97. The smallest absolute Gasteiger partial charge is 0.266 e. The van der Waals surface area contributed by atoms with Crippen molar-refractivity contribution in [1.82, 2.24) is 0 Å². The number of alkyl halides is 3.